The smallest absolute Gasteiger partial charge is 0.267 e. The molecule has 18 heavy (non-hydrogen) atoms. The van der Waals surface area contributed by atoms with Crippen molar-refractivity contribution in [2.75, 3.05) is 39.9 Å². The van der Waals surface area contributed by atoms with Crippen molar-refractivity contribution < 1.29 is 18.5 Å². The van der Waals surface area contributed by atoms with Crippen LogP contribution in [0.1, 0.15) is 27.7 Å². The number of rotatable bonds is 6. The summed E-state index contributed by atoms with van der Waals surface area (Å²) in [5.41, 5.74) is 0. The number of phosphoric acid groups is 1. The molecule has 0 amide bonds. The maximum Gasteiger partial charge on any atom is 0.267 e. The average molecular weight is 300 g/mol. The molecule has 0 aliphatic carbocycles. The fourth-order valence-corrected chi connectivity index (χ4v) is 6.38. The Bertz CT molecular complexity index is 232. The third-order valence-electron chi connectivity index (χ3n) is 2.17. The molecule has 0 bridgehead atoms. The minimum atomic E-state index is -3.90. The van der Waals surface area contributed by atoms with Crippen molar-refractivity contribution in [3.8, 4) is 0 Å². The lowest BCUT2D eigenvalue weighted by Gasteiger charge is -2.21. The topological polar surface area (TPSA) is 58.6 Å². The third-order valence-corrected chi connectivity index (χ3v) is 6.50. The maximum absolute atomic E-state index is 9.95. The van der Waals surface area contributed by atoms with E-state index >= 15 is 0 Å². The average Bonchev–Trinajstić information content (AvgIpc) is 2.14. The third kappa shape index (κ3) is 14.6. The monoisotopic (exact) mass is 300 g/mol. The summed E-state index contributed by atoms with van der Waals surface area (Å²) in [6.45, 7) is 14.3. The van der Waals surface area contributed by atoms with E-state index < -0.39 is 15.1 Å². The molecule has 0 atom stereocenters. The summed E-state index contributed by atoms with van der Waals surface area (Å²) in [4.78, 5) is 9.95. The van der Waals surface area contributed by atoms with Gasteiger partial charge in [-0.25, -0.2) is 0 Å². The van der Waals surface area contributed by atoms with Gasteiger partial charge in [0, 0.05) is 34.8 Å². The highest BCUT2D eigenvalue weighted by atomic mass is 31.2. The summed E-state index contributed by atoms with van der Waals surface area (Å²) in [5, 5.41) is 0. The van der Waals surface area contributed by atoms with Crippen LogP contribution in [0.5, 0.6) is 0 Å². The van der Waals surface area contributed by atoms with Crippen molar-refractivity contribution >= 4 is 15.1 Å². The summed E-state index contributed by atoms with van der Waals surface area (Å²) >= 11 is 0. The van der Waals surface area contributed by atoms with Crippen LogP contribution in [0.4, 0.5) is 0 Å². The Kier molecular flexibility index (Phi) is 10.9. The van der Waals surface area contributed by atoms with Gasteiger partial charge in [0.05, 0.1) is 12.3 Å². The molecule has 0 unspecified atom stereocenters. The summed E-state index contributed by atoms with van der Waals surface area (Å²) in [6, 6.07) is 0. The van der Waals surface area contributed by atoms with Crippen molar-refractivity contribution in [3.05, 3.63) is 0 Å². The summed E-state index contributed by atoms with van der Waals surface area (Å²) in [6.07, 6.45) is 2.93. The minimum absolute atomic E-state index is 0.555. The van der Waals surface area contributed by atoms with E-state index in [1.807, 2.05) is 0 Å². The first-order valence-electron chi connectivity index (χ1n) is 6.20. The predicted molar refractivity (Wildman–Crippen MR) is 79.8 cm³/mol. The van der Waals surface area contributed by atoms with Crippen LogP contribution in [0.2, 0.25) is 0 Å². The zero-order valence-corrected chi connectivity index (χ0v) is 14.9. The fourth-order valence-electron chi connectivity index (χ4n) is 2.13. The van der Waals surface area contributed by atoms with Gasteiger partial charge < -0.3 is 13.9 Å². The second-order valence-electron chi connectivity index (χ2n) is 5.90. The predicted octanol–water partition coefficient (Wildman–Crippen LogP) is 3.32. The zero-order chi connectivity index (χ0) is 15.0. The van der Waals surface area contributed by atoms with E-state index in [4.69, 9.17) is 0 Å². The molecule has 0 rings (SSSR count). The van der Waals surface area contributed by atoms with Gasteiger partial charge in [-0.1, -0.05) is 27.7 Å². The van der Waals surface area contributed by atoms with E-state index in [0.717, 1.165) is 26.1 Å². The molecule has 6 heteroatoms. The Morgan fingerprint density at radius 2 is 1.28 bits per heavy atom. The Morgan fingerprint density at radius 1 is 1.00 bits per heavy atom. The molecule has 0 spiro atoms. The van der Waals surface area contributed by atoms with Gasteiger partial charge in [-0.15, -0.1) is 0 Å². The van der Waals surface area contributed by atoms with Crippen LogP contribution < -0.4 is 4.89 Å². The normalized spacial score (nSPS) is 12.6. The molecule has 0 N–H and O–H groups in total. The van der Waals surface area contributed by atoms with Gasteiger partial charge in [-0.05, 0) is 11.8 Å². The molecule has 0 aromatic rings. The van der Waals surface area contributed by atoms with Gasteiger partial charge >= 0.3 is 0 Å². The van der Waals surface area contributed by atoms with E-state index in [9.17, 15) is 9.46 Å². The van der Waals surface area contributed by atoms with Gasteiger partial charge in [-0.2, -0.15) is 0 Å². The highest BCUT2D eigenvalue weighted by Crippen LogP contribution is 2.53. The van der Waals surface area contributed by atoms with Crippen LogP contribution in [0, 0.1) is 11.8 Å². The van der Waals surface area contributed by atoms with Crippen LogP contribution in [0.25, 0.3) is 0 Å². The van der Waals surface area contributed by atoms with Crippen LogP contribution in [-0.4, -0.2) is 39.9 Å². The fraction of sp³-hybridized carbons (Fsp3) is 1.00. The lowest BCUT2D eigenvalue weighted by molar-refractivity contribution is -0.220. The number of phosphoric ester groups is 1. The highest BCUT2D eigenvalue weighted by Gasteiger charge is 2.26. The van der Waals surface area contributed by atoms with E-state index in [-0.39, 0.29) is 0 Å². The summed E-state index contributed by atoms with van der Waals surface area (Å²) in [7, 11) is -2.38. The van der Waals surface area contributed by atoms with Gasteiger partial charge in [0.1, 0.15) is 0 Å². The van der Waals surface area contributed by atoms with E-state index in [2.05, 4.69) is 50.1 Å². The molecule has 0 fully saturated rings. The minimum Gasteiger partial charge on any atom is -0.756 e. The van der Waals surface area contributed by atoms with Crippen molar-refractivity contribution in [1.82, 2.24) is 0 Å². The van der Waals surface area contributed by atoms with E-state index in [1.165, 1.54) is 12.3 Å². The molecule has 0 aliphatic heterocycles. The molecule has 0 aliphatic rings. The second kappa shape index (κ2) is 9.44. The van der Waals surface area contributed by atoms with Crippen molar-refractivity contribution in [3.63, 3.8) is 0 Å². The van der Waals surface area contributed by atoms with Crippen LogP contribution in [0.15, 0.2) is 0 Å². The molecular weight excluding hydrogens is 270 g/mol. The van der Waals surface area contributed by atoms with Gasteiger partial charge in [0.15, 0.2) is 0 Å². The quantitative estimate of drug-likeness (QED) is 0.706. The lowest BCUT2D eigenvalue weighted by atomic mass is 10.3. The molecule has 0 aromatic carbocycles. The molecule has 0 radical (unpaired) electrons. The number of hydrogen-bond donors (Lipinski definition) is 0. The standard InChI is InChI=1S/C10H24P.C2H7O4P/c1-9(2)7-11(5,6)8-10(3)4;1-5-7(3,4)6-2/h9-10H,7-8H2,1-6H3;1-2H3,(H,3,4)/q+1;/p-1. The molecule has 112 valence electrons. The largest absolute Gasteiger partial charge is 0.756 e. The molecular formula is C12H30O4P2. The van der Waals surface area contributed by atoms with Gasteiger partial charge in [-0.3, -0.25) is 4.57 Å². The Hall–Kier alpha value is 0.540. The highest BCUT2D eigenvalue weighted by molar-refractivity contribution is 7.74. The van der Waals surface area contributed by atoms with E-state index in [1.54, 1.807) is 0 Å². The first-order valence-corrected chi connectivity index (χ1v) is 10.7. The Balaban J connectivity index is 0. The van der Waals surface area contributed by atoms with Crippen LogP contribution >= 0.6 is 15.1 Å². The zero-order valence-electron chi connectivity index (χ0n) is 13.1. The van der Waals surface area contributed by atoms with Crippen molar-refractivity contribution in [1.29, 1.82) is 0 Å². The SMILES string of the molecule is CC(C)C[P+](C)(C)CC(C)C.COP(=O)([O-])OC. The Morgan fingerprint density at radius 3 is 1.39 bits per heavy atom. The second-order valence-corrected chi connectivity index (χ2v) is 12.1. The maximum atomic E-state index is 9.95. The molecule has 4 nitrogen and oxygen atoms in total. The molecule has 0 saturated heterocycles. The van der Waals surface area contributed by atoms with Crippen LogP contribution in [0.3, 0.4) is 0 Å². The van der Waals surface area contributed by atoms with Crippen molar-refractivity contribution in [2.45, 2.75) is 27.7 Å². The van der Waals surface area contributed by atoms with Crippen LogP contribution in [-0.2, 0) is 13.6 Å². The summed E-state index contributed by atoms with van der Waals surface area (Å²) in [5.74, 6) is 1.77. The van der Waals surface area contributed by atoms with Crippen molar-refractivity contribution in [2.24, 2.45) is 11.8 Å². The first-order chi connectivity index (χ1) is 7.95. The van der Waals surface area contributed by atoms with Gasteiger partial charge in [0.25, 0.3) is 7.82 Å². The number of hydrogen-bond acceptors (Lipinski definition) is 4. The Labute approximate surface area is 113 Å². The molecule has 0 heterocycles. The molecule has 0 aromatic heterocycles. The molecule has 0 saturated carbocycles. The van der Waals surface area contributed by atoms with Gasteiger partial charge in [0.2, 0.25) is 0 Å². The summed E-state index contributed by atoms with van der Waals surface area (Å²) < 4.78 is 17.7. The first kappa shape index (κ1) is 20.8. The van der Waals surface area contributed by atoms with E-state index in [0.29, 0.717) is 0 Å². The lowest BCUT2D eigenvalue weighted by Crippen LogP contribution is -2.09.